The zero-order valence-corrected chi connectivity index (χ0v) is 19.8. The van der Waals surface area contributed by atoms with Crippen LogP contribution in [0.3, 0.4) is 0 Å². The van der Waals surface area contributed by atoms with Gasteiger partial charge in [-0.1, -0.05) is 12.8 Å². The van der Waals surface area contributed by atoms with Crippen LogP contribution >= 0.6 is 0 Å². The van der Waals surface area contributed by atoms with Crippen LogP contribution < -0.4 is 18.9 Å². The molecule has 0 bridgehead atoms. The Kier molecular flexibility index (Phi) is 6.70. The third-order valence-electron chi connectivity index (χ3n) is 7.22. The number of methoxy groups -OCH3 is 4. The molecule has 0 spiro atoms. The maximum atomic E-state index is 13.9. The Balaban J connectivity index is 1.83. The number of piperidine rings is 1. The minimum Gasteiger partial charge on any atom is -0.497 e. The lowest BCUT2D eigenvalue weighted by molar-refractivity contribution is -0.115. The minimum atomic E-state index is -0.808. The lowest BCUT2D eigenvalue weighted by Gasteiger charge is -2.52. The quantitative estimate of drug-likeness (QED) is 0.703. The van der Waals surface area contributed by atoms with Crippen molar-refractivity contribution in [3.63, 3.8) is 0 Å². The maximum absolute atomic E-state index is 13.9. The van der Waals surface area contributed by atoms with Crippen LogP contribution in [0.15, 0.2) is 36.4 Å². The molecule has 7 heteroatoms. The fraction of sp³-hybridized carbons (Fsp3) is 0.500. The van der Waals surface area contributed by atoms with Crippen molar-refractivity contribution in [3.05, 3.63) is 47.5 Å². The summed E-state index contributed by atoms with van der Waals surface area (Å²) >= 11 is 0. The van der Waals surface area contributed by atoms with E-state index in [0.29, 0.717) is 41.5 Å². The Hall–Kier alpha value is -2.93. The van der Waals surface area contributed by atoms with Gasteiger partial charge in [-0.25, -0.2) is 0 Å². The van der Waals surface area contributed by atoms with E-state index in [9.17, 15) is 9.90 Å². The van der Waals surface area contributed by atoms with Crippen LogP contribution in [0.1, 0.15) is 54.1 Å². The molecule has 1 aliphatic carbocycles. The summed E-state index contributed by atoms with van der Waals surface area (Å²) in [6, 6.07) is 10.5. The number of rotatable bonds is 6. The van der Waals surface area contributed by atoms with Crippen LogP contribution in [-0.2, 0) is 0 Å². The van der Waals surface area contributed by atoms with E-state index in [0.717, 1.165) is 31.2 Å². The van der Waals surface area contributed by atoms with Gasteiger partial charge in [-0.3, -0.25) is 4.79 Å². The second-order valence-corrected chi connectivity index (χ2v) is 8.82. The van der Waals surface area contributed by atoms with E-state index in [4.69, 9.17) is 18.9 Å². The van der Waals surface area contributed by atoms with Crippen molar-refractivity contribution in [3.8, 4) is 23.0 Å². The molecule has 7 nitrogen and oxygen atoms in total. The average Bonchev–Trinajstić information content (AvgIpc) is 2.86. The van der Waals surface area contributed by atoms with Crippen molar-refractivity contribution < 1.29 is 28.8 Å². The molecule has 1 heterocycles. The standard InChI is InChI=1S/C26H33NO6/c1-30-17-9-11-22(32-3)20(15-17)24-21-7-5-6-12-26(21,29)13-14-27(24)25(28)19-10-8-18(31-2)16-23(19)33-4/h8-11,15-16,21,24,29H,5-7,12-14H2,1-4H3/t21-,24-,26+/m0/s1. The Morgan fingerprint density at radius 1 is 0.909 bits per heavy atom. The fourth-order valence-electron chi connectivity index (χ4n) is 5.49. The number of likely N-dealkylation sites (tertiary alicyclic amines) is 1. The van der Waals surface area contributed by atoms with Gasteiger partial charge in [-0.2, -0.15) is 0 Å². The van der Waals surface area contributed by atoms with Gasteiger partial charge in [0, 0.05) is 24.1 Å². The molecule has 1 amide bonds. The Bertz CT molecular complexity index is 1010. The van der Waals surface area contributed by atoms with Crippen LogP contribution in [0.4, 0.5) is 0 Å². The van der Waals surface area contributed by atoms with Gasteiger partial charge in [0.1, 0.15) is 23.0 Å². The molecule has 3 atom stereocenters. The van der Waals surface area contributed by atoms with Gasteiger partial charge in [0.2, 0.25) is 0 Å². The van der Waals surface area contributed by atoms with Gasteiger partial charge in [0.15, 0.2) is 0 Å². The molecule has 178 valence electrons. The van der Waals surface area contributed by atoms with E-state index < -0.39 is 5.60 Å². The molecule has 1 saturated carbocycles. The van der Waals surface area contributed by atoms with E-state index in [1.165, 1.54) is 0 Å². The molecule has 2 aliphatic rings. The molecule has 1 N–H and O–H groups in total. The third kappa shape index (κ3) is 4.22. The fourth-order valence-corrected chi connectivity index (χ4v) is 5.49. The number of hydrogen-bond donors (Lipinski definition) is 1. The van der Waals surface area contributed by atoms with Crippen molar-refractivity contribution in [2.24, 2.45) is 5.92 Å². The highest BCUT2D eigenvalue weighted by Crippen LogP contribution is 2.52. The van der Waals surface area contributed by atoms with Gasteiger partial charge in [-0.05, 0) is 49.6 Å². The Morgan fingerprint density at radius 2 is 1.61 bits per heavy atom. The van der Waals surface area contributed by atoms with Crippen LogP contribution in [0, 0.1) is 5.92 Å². The third-order valence-corrected chi connectivity index (χ3v) is 7.22. The van der Waals surface area contributed by atoms with Crippen molar-refractivity contribution in [1.29, 1.82) is 0 Å². The highest BCUT2D eigenvalue weighted by atomic mass is 16.5. The molecule has 33 heavy (non-hydrogen) atoms. The van der Waals surface area contributed by atoms with E-state index in [-0.39, 0.29) is 17.9 Å². The number of ether oxygens (including phenoxy) is 4. The first kappa shape index (κ1) is 23.2. The second kappa shape index (κ2) is 9.51. The summed E-state index contributed by atoms with van der Waals surface area (Å²) in [5.41, 5.74) is 0.506. The van der Waals surface area contributed by atoms with Crippen molar-refractivity contribution in [2.45, 2.75) is 43.7 Å². The maximum Gasteiger partial charge on any atom is 0.258 e. The van der Waals surface area contributed by atoms with E-state index >= 15 is 0 Å². The molecule has 4 rings (SSSR count). The van der Waals surface area contributed by atoms with Gasteiger partial charge in [-0.15, -0.1) is 0 Å². The zero-order valence-electron chi connectivity index (χ0n) is 19.8. The summed E-state index contributed by atoms with van der Waals surface area (Å²) in [5.74, 6) is 2.20. The van der Waals surface area contributed by atoms with Gasteiger partial charge in [0.05, 0.1) is 45.6 Å². The lowest BCUT2D eigenvalue weighted by atomic mass is 9.66. The number of carbonyl (C=O) groups excluding carboxylic acids is 1. The topological polar surface area (TPSA) is 77.5 Å². The second-order valence-electron chi connectivity index (χ2n) is 8.82. The normalized spacial score (nSPS) is 24.6. The summed E-state index contributed by atoms with van der Waals surface area (Å²) in [5, 5.41) is 11.6. The van der Waals surface area contributed by atoms with Crippen LogP contribution in [0.25, 0.3) is 0 Å². The number of benzene rings is 2. The van der Waals surface area contributed by atoms with Gasteiger partial charge >= 0.3 is 0 Å². The molecule has 0 aromatic heterocycles. The smallest absolute Gasteiger partial charge is 0.258 e. The molecule has 1 saturated heterocycles. The largest absolute Gasteiger partial charge is 0.497 e. The van der Waals surface area contributed by atoms with E-state index in [1.54, 1.807) is 46.6 Å². The zero-order chi connectivity index (χ0) is 23.6. The SMILES string of the molecule is COc1ccc(C(=O)N2CC[C@]3(O)CCCC[C@H]3[C@@H]2c2cc(OC)ccc2OC)c(OC)c1. The molecule has 2 aromatic carbocycles. The molecule has 0 radical (unpaired) electrons. The van der Waals surface area contributed by atoms with Crippen molar-refractivity contribution >= 4 is 5.91 Å². The number of nitrogens with zero attached hydrogens (tertiary/aromatic N) is 1. The number of aliphatic hydroxyl groups is 1. The molecule has 0 unspecified atom stereocenters. The average molecular weight is 456 g/mol. The number of amides is 1. The number of hydrogen-bond acceptors (Lipinski definition) is 6. The van der Waals surface area contributed by atoms with Crippen LogP contribution in [0.2, 0.25) is 0 Å². The van der Waals surface area contributed by atoms with Crippen molar-refractivity contribution in [2.75, 3.05) is 35.0 Å². The predicted octanol–water partition coefficient (Wildman–Crippen LogP) is 4.23. The first-order valence-electron chi connectivity index (χ1n) is 11.4. The predicted molar refractivity (Wildman–Crippen MR) is 124 cm³/mol. The summed E-state index contributed by atoms with van der Waals surface area (Å²) in [6.07, 6.45) is 4.14. The number of carbonyl (C=O) groups is 1. The molecular weight excluding hydrogens is 422 g/mol. The summed E-state index contributed by atoms with van der Waals surface area (Å²) in [6.45, 7) is 0.437. The molecule has 1 aliphatic heterocycles. The Morgan fingerprint density at radius 3 is 2.30 bits per heavy atom. The first-order chi connectivity index (χ1) is 16.0. The van der Waals surface area contributed by atoms with E-state index in [1.807, 2.05) is 23.1 Å². The van der Waals surface area contributed by atoms with Gasteiger partial charge in [0.25, 0.3) is 5.91 Å². The summed E-state index contributed by atoms with van der Waals surface area (Å²) < 4.78 is 22.0. The molecular formula is C26H33NO6. The molecule has 2 aromatic rings. The molecule has 2 fully saturated rings. The minimum absolute atomic E-state index is 0.103. The summed E-state index contributed by atoms with van der Waals surface area (Å²) in [7, 11) is 6.37. The monoisotopic (exact) mass is 455 g/mol. The van der Waals surface area contributed by atoms with Gasteiger partial charge < -0.3 is 29.0 Å². The summed E-state index contributed by atoms with van der Waals surface area (Å²) in [4.78, 5) is 15.8. The lowest BCUT2D eigenvalue weighted by Crippen LogP contribution is -2.56. The first-order valence-corrected chi connectivity index (χ1v) is 11.4. The van der Waals surface area contributed by atoms with Crippen LogP contribution in [0.5, 0.6) is 23.0 Å². The Labute approximate surface area is 195 Å². The highest BCUT2D eigenvalue weighted by molar-refractivity contribution is 5.97. The van der Waals surface area contributed by atoms with Crippen molar-refractivity contribution in [1.82, 2.24) is 4.90 Å². The van der Waals surface area contributed by atoms with Crippen LogP contribution in [-0.4, -0.2) is 56.5 Å². The highest BCUT2D eigenvalue weighted by Gasteiger charge is 2.51. The number of fused-ring (bicyclic) bond motifs is 1. The van der Waals surface area contributed by atoms with E-state index in [2.05, 4.69) is 0 Å².